The van der Waals surface area contributed by atoms with Crippen molar-refractivity contribution in [2.45, 2.75) is 37.7 Å². The predicted molar refractivity (Wildman–Crippen MR) is 88.6 cm³/mol. The topological polar surface area (TPSA) is 60.9 Å². The van der Waals surface area contributed by atoms with Crippen LogP contribution in [0.15, 0.2) is 24.5 Å². The van der Waals surface area contributed by atoms with Gasteiger partial charge in [-0.1, -0.05) is 6.07 Å². The molecule has 1 saturated carbocycles. The number of hydrogen-bond acceptors (Lipinski definition) is 5. The van der Waals surface area contributed by atoms with Gasteiger partial charge in [-0.3, -0.25) is 9.78 Å². The van der Waals surface area contributed by atoms with Crippen LogP contribution in [0.5, 0.6) is 0 Å². The Bertz CT molecular complexity index is 630. The van der Waals surface area contributed by atoms with Crippen LogP contribution in [0.2, 0.25) is 0 Å². The average molecular weight is 344 g/mol. The maximum absolute atomic E-state index is 13.0. The lowest BCUT2D eigenvalue weighted by Gasteiger charge is -2.32. The quantitative estimate of drug-likeness (QED) is 0.823. The van der Waals surface area contributed by atoms with Crippen LogP contribution in [0.25, 0.3) is 0 Å². The van der Waals surface area contributed by atoms with Crippen molar-refractivity contribution in [3.8, 4) is 0 Å². The standard InChI is InChI=1S/C19H24N2O4/c22-19(17-13-10-23-11-14(13)17)21-8-16(18-15(21)4-2-6-24-18)25-9-12-3-1-5-20-7-12/h1,3,5,7,13-18H,2,4,6,8-11H2/t13-,14+,15-,16+,17?,18+/m1/s1. The molecule has 4 heterocycles. The molecule has 1 aromatic heterocycles. The first-order chi connectivity index (χ1) is 12.3. The first-order valence-electron chi connectivity index (χ1n) is 9.33. The number of pyridine rings is 1. The summed E-state index contributed by atoms with van der Waals surface area (Å²) < 4.78 is 17.6. The van der Waals surface area contributed by atoms with Crippen molar-refractivity contribution >= 4 is 5.91 Å². The normalized spacial score (nSPS) is 39.1. The lowest BCUT2D eigenvalue weighted by atomic mass is 10.0. The molecule has 0 N–H and O–H groups in total. The third-order valence-electron chi connectivity index (χ3n) is 6.18. The molecule has 0 spiro atoms. The summed E-state index contributed by atoms with van der Waals surface area (Å²) in [6, 6.07) is 4.09. The van der Waals surface area contributed by atoms with E-state index in [-0.39, 0.29) is 24.2 Å². The van der Waals surface area contributed by atoms with Gasteiger partial charge in [0.05, 0.1) is 25.9 Å². The Morgan fingerprint density at radius 3 is 3.04 bits per heavy atom. The van der Waals surface area contributed by atoms with E-state index in [2.05, 4.69) is 9.88 Å². The van der Waals surface area contributed by atoms with Crippen LogP contribution < -0.4 is 0 Å². The van der Waals surface area contributed by atoms with Crippen LogP contribution in [-0.2, 0) is 25.6 Å². The molecule has 6 heteroatoms. The Hall–Kier alpha value is -1.50. The highest BCUT2D eigenvalue weighted by Gasteiger charge is 2.61. The molecule has 1 unspecified atom stereocenters. The van der Waals surface area contributed by atoms with E-state index in [1.165, 1.54) is 0 Å². The van der Waals surface area contributed by atoms with Crippen molar-refractivity contribution in [3.05, 3.63) is 30.1 Å². The highest BCUT2D eigenvalue weighted by molar-refractivity contribution is 5.83. The molecule has 5 rings (SSSR count). The molecule has 0 radical (unpaired) electrons. The fourth-order valence-corrected chi connectivity index (χ4v) is 4.79. The Balaban J connectivity index is 1.27. The van der Waals surface area contributed by atoms with Crippen molar-refractivity contribution in [1.29, 1.82) is 0 Å². The summed E-state index contributed by atoms with van der Waals surface area (Å²) in [5, 5.41) is 0. The van der Waals surface area contributed by atoms with Gasteiger partial charge in [-0.05, 0) is 36.3 Å². The Morgan fingerprint density at radius 1 is 1.36 bits per heavy atom. The molecule has 134 valence electrons. The summed E-state index contributed by atoms with van der Waals surface area (Å²) in [7, 11) is 0. The number of nitrogens with zero attached hydrogens (tertiary/aromatic N) is 2. The summed E-state index contributed by atoms with van der Waals surface area (Å²) in [6.45, 7) is 3.42. The molecule has 1 aromatic rings. The summed E-state index contributed by atoms with van der Waals surface area (Å²) in [6.07, 6.45) is 5.56. The first-order valence-corrected chi connectivity index (χ1v) is 9.33. The number of ether oxygens (including phenoxy) is 3. The van der Waals surface area contributed by atoms with Gasteiger partial charge in [0.1, 0.15) is 12.2 Å². The molecule has 0 aromatic carbocycles. The minimum atomic E-state index is -0.0516. The maximum Gasteiger partial charge on any atom is 0.226 e. The van der Waals surface area contributed by atoms with Crippen LogP contribution >= 0.6 is 0 Å². The van der Waals surface area contributed by atoms with Crippen molar-refractivity contribution in [1.82, 2.24) is 9.88 Å². The van der Waals surface area contributed by atoms with Gasteiger partial charge < -0.3 is 19.1 Å². The second-order valence-corrected chi connectivity index (χ2v) is 7.64. The summed E-state index contributed by atoms with van der Waals surface area (Å²) in [5.74, 6) is 1.37. The largest absolute Gasteiger partial charge is 0.381 e. The number of carbonyl (C=O) groups excluding carboxylic acids is 1. The zero-order valence-corrected chi connectivity index (χ0v) is 14.3. The van der Waals surface area contributed by atoms with Crippen LogP contribution in [-0.4, -0.2) is 60.4 Å². The van der Waals surface area contributed by atoms with E-state index >= 15 is 0 Å². The van der Waals surface area contributed by atoms with Crippen LogP contribution in [0.3, 0.4) is 0 Å². The van der Waals surface area contributed by atoms with E-state index in [0.29, 0.717) is 30.9 Å². The van der Waals surface area contributed by atoms with Gasteiger partial charge in [-0.25, -0.2) is 0 Å². The molecule has 3 saturated heterocycles. The zero-order chi connectivity index (χ0) is 16.8. The molecule has 4 aliphatic rings. The Kier molecular flexibility index (Phi) is 3.99. The van der Waals surface area contributed by atoms with Crippen LogP contribution in [0.1, 0.15) is 18.4 Å². The molecule has 6 atom stereocenters. The van der Waals surface area contributed by atoms with Gasteiger partial charge in [0.2, 0.25) is 5.91 Å². The van der Waals surface area contributed by atoms with E-state index in [4.69, 9.17) is 14.2 Å². The molecule has 4 fully saturated rings. The summed E-state index contributed by atoms with van der Waals surface area (Å²) >= 11 is 0. The highest BCUT2D eigenvalue weighted by Crippen LogP contribution is 2.52. The Morgan fingerprint density at radius 2 is 2.24 bits per heavy atom. The number of amides is 1. The highest BCUT2D eigenvalue weighted by atomic mass is 16.5. The maximum atomic E-state index is 13.0. The van der Waals surface area contributed by atoms with Gasteiger partial charge in [0.25, 0.3) is 0 Å². The number of rotatable bonds is 4. The number of carbonyl (C=O) groups is 1. The fourth-order valence-electron chi connectivity index (χ4n) is 4.79. The molecule has 0 bridgehead atoms. The fraction of sp³-hybridized carbons (Fsp3) is 0.684. The monoisotopic (exact) mass is 344 g/mol. The van der Waals surface area contributed by atoms with Gasteiger partial charge in [0, 0.05) is 31.5 Å². The molecule has 1 amide bonds. The predicted octanol–water partition coefficient (Wildman–Crippen LogP) is 1.25. The second-order valence-electron chi connectivity index (χ2n) is 7.64. The zero-order valence-electron chi connectivity index (χ0n) is 14.3. The number of hydrogen-bond donors (Lipinski definition) is 0. The lowest BCUT2D eigenvalue weighted by molar-refractivity contribution is -0.137. The van der Waals surface area contributed by atoms with E-state index < -0.39 is 0 Å². The van der Waals surface area contributed by atoms with Crippen molar-refractivity contribution in [3.63, 3.8) is 0 Å². The summed E-state index contributed by atoms with van der Waals surface area (Å²) in [4.78, 5) is 19.2. The van der Waals surface area contributed by atoms with Crippen LogP contribution in [0, 0.1) is 17.8 Å². The second kappa shape index (κ2) is 6.34. The molecule has 3 aliphatic heterocycles. The summed E-state index contributed by atoms with van der Waals surface area (Å²) in [5.41, 5.74) is 1.05. The number of aromatic nitrogens is 1. The molecule has 6 nitrogen and oxygen atoms in total. The van der Waals surface area contributed by atoms with Gasteiger partial charge in [0.15, 0.2) is 0 Å². The minimum Gasteiger partial charge on any atom is -0.381 e. The van der Waals surface area contributed by atoms with Gasteiger partial charge in [-0.2, -0.15) is 0 Å². The van der Waals surface area contributed by atoms with E-state index in [0.717, 1.165) is 38.2 Å². The molecule has 25 heavy (non-hydrogen) atoms. The van der Waals surface area contributed by atoms with Gasteiger partial charge >= 0.3 is 0 Å². The van der Waals surface area contributed by atoms with Crippen molar-refractivity contribution in [2.24, 2.45) is 17.8 Å². The average Bonchev–Trinajstić information content (AvgIpc) is 2.99. The third-order valence-corrected chi connectivity index (χ3v) is 6.18. The van der Waals surface area contributed by atoms with E-state index in [9.17, 15) is 4.79 Å². The van der Waals surface area contributed by atoms with Crippen molar-refractivity contribution in [2.75, 3.05) is 26.4 Å². The van der Waals surface area contributed by atoms with Crippen LogP contribution in [0.4, 0.5) is 0 Å². The number of likely N-dealkylation sites (tertiary alicyclic amines) is 1. The van der Waals surface area contributed by atoms with Crippen molar-refractivity contribution < 1.29 is 19.0 Å². The SMILES string of the molecule is O=C(C1[C@H]2COC[C@@H]12)N1C[C@H](OCc2cccnc2)[C@H]2OCCC[C@H]21. The molecular formula is C19H24N2O4. The van der Waals surface area contributed by atoms with Gasteiger partial charge in [-0.15, -0.1) is 0 Å². The Labute approximate surface area is 147 Å². The first kappa shape index (κ1) is 15.7. The number of fused-ring (bicyclic) bond motifs is 2. The lowest BCUT2D eigenvalue weighted by Crippen LogP contribution is -2.44. The smallest absolute Gasteiger partial charge is 0.226 e. The molecule has 1 aliphatic carbocycles. The van der Waals surface area contributed by atoms with E-state index in [1.54, 1.807) is 6.20 Å². The minimum absolute atomic E-state index is 0.00390. The third kappa shape index (κ3) is 2.76. The van der Waals surface area contributed by atoms with E-state index in [1.807, 2.05) is 18.3 Å². The molecular weight excluding hydrogens is 320 g/mol.